The van der Waals surface area contributed by atoms with Gasteiger partial charge < -0.3 is 5.32 Å². The first kappa shape index (κ1) is 15.2. The van der Waals surface area contributed by atoms with Crippen molar-refractivity contribution < 1.29 is 4.79 Å². The zero-order valence-electron chi connectivity index (χ0n) is 14.1. The highest BCUT2D eigenvalue weighted by Gasteiger charge is 2.13. The summed E-state index contributed by atoms with van der Waals surface area (Å²) in [6.45, 7) is 5.72. The standard InChI is InChI=1S/C18H16N6O/c1-9-4-6-13-16(19-9)23-24-17(13)22-18(25)12-5-7-14-15(8-12)21-11(3)10(2)20-14/h4-8H,1-3H3,(H2,19,22,23,24,25). The number of pyridine rings is 1. The lowest BCUT2D eigenvalue weighted by Crippen LogP contribution is -2.12. The van der Waals surface area contributed by atoms with Crippen molar-refractivity contribution in [2.24, 2.45) is 0 Å². The van der Waals surface area contributed by atoms with E-state index in [1.807, 2.05) is 32.9 Å². The fourth-order valence-corrected chi connectivity index (χ4v) is 2.65. The summed E-state index contributed by atoms with van der Waals surface area (Å²) in [5, 5.41) is 10.6. The molecule has 0 aliphatic carbocycles. The molecular weight excluding hydrogens is 316 g/mol. The summed E-state index contributed by atoms with van der Waals surface area (Å²) in [6, 6.07) is 9.04. The summed E-state index contributed by atoms with van der Waals surface area (Å²) in [6.07, 6.45) is 0. The number of carbonyl (C=O) groups excluding carboxylic acids is 1. The molecule has 2 N–H and O–H groups in total. The van der Waals surface area contributed by atoms with Gasteiger partial charge in [-0.3, -0.25) is 9.89 Å². The molecule has 0 saturated carbocycles. The highest BCUT2D eigenvalue weighted by molar-refractivity contribution is 6.08. The Balaban J connectivity index is 1.68. The van der Waals surface area contributed by atoms with E-state index in [0.29, 0.717) is 22.5 Å². The van der Waals surface area contributed by atoms with Gasteiger partial charge in [-0.2, -0.15) is 5.10 Å². The molecule has 4 rings (SSSR count). The molecule has 0 bridgehead atoms. The number of nitrogens with one attached hydrogen (secondary N) is 2. The van der Waals surface area contributed by atoms with Gasteiger partial charge in [-0.25, -0.2) is 15.0 Å². The van der Waals surface area contributed by atoms with Gasteiger partial charge in [0.2, 0.25) is 0 Å². The van der Waals surface area contributed by atoms with Crippen molar-refractivity contribution in [3.8, 4) is 0 Å². The molecule has 1 amide bonds. The van der Waals surface area contributed by atoms with E-state index in [0.717, 1.165) is 28.0 Å². The van der Waals surface area contributed by atoms with Gasteiger partial charge in [0.05, 0.1) is 27.8 Å². The van der Waals surface area contributed by atoms with E-state index in [2.05, 4.69) is 30.5 Å². The van der Waals surface area contributed by atoms with Gasteiger partial charge in [0.25, 0.3) is 5.91 Å². The quantitative estimate of drug-likeness (QED) is 0.588. The van der Waals surface area contributed by atoms with Gasteiger partial charge in [0.1, 0.15) is 0 Å². The highest BCUT2D eigenvalue weighted by Crippen LogP contribution is 2.20. The normalized spacial score (nSPS) is 11.2. The lowest BCUT2D eigenvalue weighted by Gasteiger charge is -2.06. The van der Waals surface area contributed by atoms with Crippen LogP contribution in [0.4, 0.5) is 5.82 Å². The van der Waals surface area contributed by atoms with Crippen LogP contribution >= 0.6 is 0 Å². The Hall–Kier alpha value is -3.35. The zero-order valence-corrected chi connectivity index (χ0v) is 14.1. The lowest BCUT2D eigenvalue weighted by molar-refractivity contribution is 0.102. The molecule has 0 aliphatic heterocycles. The summed E-state index contributed by atoms with van der Waals surface area (Å²) in [5.74, 6) is 0.203. The number of hydrogen-bond donors (Lipinski definition) is 2. The molecule has 25 heavy (non-hydrogen) atoms. The summed E-state index contributed by atoms with van der Waals surface area (Å²) in [7, 11) is 0. The number of amides is 1. The first-order valence-corrected chi connectivity index (χ1v) is 7.89. The van der Waals surface area contributed by atoms with Crippen LogP contribution in [-0.4, -0.2) is 31.1 Å². The number of anilines is 1. The van der Waals surface area contributed by atoms with Gasteiger partial charge >= 0.3 is 0 Å². The monoisotopic (exact) mass is 332 g/mol. The molecule has 0 unspecified atom stereocenters. The highest BCUT2D eigenvalue weighted by atomic mass is 16.1. The van der Waals surface area contributed by atoms with Crippen molar-refractivity contribution in [1.29, 1.82) is 0 Å². The molecule has 0 radical (unpaired) electrons. The van der Waals surface area contributed by atoms with Crippen LogP contribution in [0, 0.1) is 20.8 Å². The van der Waals surface area contributed by atoms with Crippen molar-refractivity contribution in [3.63, 3.8) is 0 Å². The van der Waals surface area contributed by atoms with E-state index < -0.39 is 0 Å². The van der Waals surface area contributed by atoms with Crippen LogP contribution in [0.15, 0.2) is 30.3 Å². The predicted octanol–water partition coefficient (Wildman–Crippen LogP) is 3.08. The number of hydrogen-bond acceptors (Lipinski definition) is 5. The fraction of sp³-hybridized carbons (Fsp3) is 0.167. The Kier molecular flexibility index (Phi) is 3.42. The molecule has 0 fully saturated rings. The number of carbonyl (C=O) groups is 1. The third-order valence-electron chi connectivity index (χ3n) is 4.13. The minimum absolute atomic E-state index is 0.254. The average molecular weight is 332 g/mol. The minimum Gasteiger partial charge on any atom is -0.305 e. The molecule has 1 aromatic carbocycles. The average Bonchev–Trinajstić information content (AvgIpc) is 2.97. The van der Waals surface area contributed by atoms with E-state index >= 15 is 0 Å². The van der Waals surface area contributed by atoms with Gasteiger partial charge in [-0.15, -0.1) is 0 Å². The smallest absolute Gasteiger partial charge is 0.256 e. The van der Waals surface area contributed by atoms with E-state index in [9.17, 15) is 4.79 Å². The zero-order chi connectivity index (χ0) is 17.6. The molecule has 0 aliphatic rings. The second kappa shape index (κ2) is 5.62. The van der Waals surface area contributed by atoms with Crippen molar-refractivity contribution in [3.05, 3.63) is 53.0 Å². The Bertz CT molecular complexity index is 1130. The van der Waals surface area contributed by atoms with E-state index in [1.54, 1.807) is 18.2 Å². The number of aromatic nitrogens is 5. The molecule has 0 saturated heterocycles. The van der Waals surface area contributed by atoms with Crippen LogP contribution in [0.25, 0.3) is 22.1 Å². The molecule has 3 aromatic heterocycles. The Morgan fingerprint density at radius 1 is 0.960 bits per heavy atom. The lowest BCUT2D eigenvalue weighted by atomic mass is 10.1. The van der Waals surface area contributed by atoms with Gasteiger partial charge in [-0.05, 0) is 51.1 Å². The molecule has 0 spiro atoms. The number of aromatic amines is 1. The van der Waals surface area contributed by atoms with Crippen molar-refractivity contribution in [2.75, 3.05) is 5.32 Å². The number of rotatable bonds is 2. The largest absolute Gasteiger partial charge is 0.305 e. The van der Waals surface area contributed by atoms with Crippen LogP contribution in [0.1, 0.15) is 27.4 Å². The van der Waals surface area contributed by atoms with Crippen LogP contribution < -0.4 is 5.32 Å². The summed E-state index contributed by atoms with van der Waals surface area (Å²) in [4.78, 5) is 25.9. The Labute approximate surface area is 143 Å². The van der Waals surface area contributed by atoms with Crippen LogP contribution in [0.2, 0.25) is 0 Å². The van der Waals surface area contributed by atoms with Crippen molar-refractivity contribution in [2.45, 2.75) is 20.8 Å². The van der Waals surface area contributed by atoms with Gasteiger partial charge in [0.15, 0.2) is 11.5 Å². The summed E-state index contributed by atoms with van der Waals surface area (Å²) < 4.78 is 0. The number of fused-ring (bicyclic) bond motifs is 2. The molecule has 4 aromatic rings. The van der Waals surface area contributed by atoms with Crippen LogP contribution in [-0.2, 0) is 0 Å². The van der Waals surface area contributed by atoms with E-state index in [4.69, 9.17) is 0 Å². The van der Waals surface area contributed by atoms with Crippen LogP contribution in [0.5, 0.6) is 0 Å². The summed E-state index contributed by atoms with van der Waals surface area (Å²) >= 11 is 0. The Morgan fingerprint density at radius 3 is 2.52 bits per heavy atom. The summed E-state index contributed by atoms with van der Waals surface area (Å²) in [5.41, 5.74) is 5.23. The van der Waals surface area contributed by atoms with Gasteiger partial charge in [0, 0.05) is 11.3 Å². The van der Waals surface area contributed by atoms with E-state index in [1.165, 1.54) is 0 Å². The molecular formula is C18H16N6O. The molecule has 0 atom stereocenters. The second-order valence-electron chi connectivity index (χ2n) is 5.97. The number of nitrogens with zero attached hydrogens (tertiary/aromatic N) is 4. The number of benzene rings is 1. The topological polar surface area (TPSA) is 96.5 Å². The molecule has 3 heterocycles. The predicted molar refractivity (Wildman–Crippen MR) is 95.6 cm³/mol. The maximum Gasteiger partial charge on any atom is 0.256 e. The SMILES string of the molecule is Cc1ccc2c(NC(=O)c3ccc4nc(C)c(C)nc4c3)n[nH]c2n1. The fourth-order valence-electron chi connectivity index (χ4n) is 2.65. The third-order valence-corrected chi connectivity index (χ3v) is 4.13. The minimum atomic E-state index is -0.254. The molecule has 7 heteroatoms. The van der Waals surface area contributed by atoms with Crippen molar-refractivity contribution in [1.82, 2.24) is 25.1 Å². The first-order chi connectivity index (χ1) is 12.0. The molecule has 124 valence electrons. The third kappa shape index (κ3) is 2.69. The van der Waals surface area contributed by atoms with Crippen molar-refractivity contribution >= 4 is 33.8 Å². The van der Waals surface area contributed by atoms with Gasteiger partial charge in [-0.1, -0.05) is 0 Å². The maximum absolute atomic E-state index is 12.6. The maximum atomic E-state index is 12.6. The van der Waals surface area contributed by atoms with Crippen LogP contribution in [0.3, 0.4) is 0 Å². The second-order valence-corrected chi connectivity index (χ2v) is 5.97. The number of aryl methyl sites for hydroxylation is 3. The molecule has 7 nitrogen and oxygen atoms in total. The Morgan fingerprint density at radius 2 is 1.72 bits per heavy atom. The first-order valence-electron chi connectivity index (χ1n) is 7.89. The van der Waals surface area contributed by atoms with E-state index in [-0.39, 0.29) is 5.91 Å². The number of H-pyrrole nitrogens is 1.